The summed E-state index contributed by atoms with van der Waals surface area (Å²) in [6.07, 6.45) is 3.50. The average Bonchev–Trinajstić information content (AvgIpc) is 3.20. The number of urea groups is 1. The minimum absolute atomic E-state index is 0.00699. The van der Waals surface area contributed by atoms with Gasteiger partial charge in [0, 0.05) is 5.69 Å². The number of anilines is 2. The number of phenolic OH excluding ortho intramolecular Hbond substituents is 1. The molecule has 3 rings (SSSR count). The second kappa shape index (κ2) is 8.41. The fourth-order valence-electron chi connectivity index (χ4n) is 3.51. The Bertz CT molecular complexity index is 986. The molecule has 0 unspecified atom stereocenters. The van der Waals surface area contributed by atoms with Crippen LogP contribution in [-0.2, 0) is 16.3 Å². The van der Waals surface area contributed by atoms with Crippen LogP contribution in [0.5, 0.6) is 5.75 Å². The predicted molar refractivity (Wildman–Crippen MR) is 111 cm³/mol. The van der Waals surface area contributed by atoms with Crippen LogP contribution in [0, 0.1) is 0 Å². The number of rotatable bonds is 5. The molecule has 2 aromatic carbocycles. The number of para-hydroxylation sites is 1. The van der Waals surface area contributed by atoms with Crippen LogP contribution in [-0.4, -0.2) is 24.8 Å². The number of aryl methyl sites for hydroxylation is 1. The zero-order valence-corrected chi connectivity index (χ0v) is 17.1. The van der Waals surface area contributed by atoms with E-state index in [4.69, 9.17) is 11.6 Å². The molecule has 0 radical (unpaired) electrons. The summed E-state index contributed by atoms with van der Waals surface area (Å²) in [6, 6.07) is 9.55. The molecule has 0 aromatic heterocycles. The second-order valence-corrected chi connectivity index (χ2v) is 9.39. The van der Waals surface area contributed by atoms with Gasteiger partial charge < -0.3 is 15.7 Å². The first-order valence-corrected chi connectivity index (χ1v) is 11.2. The molecular weight excluding hydrogens is 400 g/mol. The van der Waals surface area contributed by atoms with Gasteiger partial charge in [-0.15, -0.1) is 0 Å². The molecule has 0 heterocycles. The van der Waals surface area contributed by atoms with E-state index in [2.05, 4.69) is 10.6 Å². The maximum Gasteiger partial charge on any atom is 0.323 e. The van der Waals surface area contributed by atoms with Crippen molar-refractivity contribution in [2.45, 2.75) is 49.2 Å². The molecule has 0 spiro atoms. The summed E-state index contributed by atoms with van der Waals surface area (Å²) >= 11 is 6.10. The number of benzene rings is 2. The number of phenols is 1. The van der Waals surface area contributed by atoms with Crippen LogP contribution in [0.1, 0.15) is 38.2 Å². The number of amides is 2. The monoisotopic (exact) mass is 422 g/mol. The lowest BCUT2D eigenvalue weighted by atomic mass is 10.1. The van der Waals surface area contributed by atoms with E-state index in [-0.39, 0.29) is 15.6 Å². The van der Waals surface area contributed by atoms with Crippen LogP contribution in [0.3, 0.4) is 0 Å². The van der Waals surface area contributed by atoms with Crippen molar-refractivity contribution >= 4 is 38.8 Å². The highest BCUT2D eigenvalue weighted by atomic mass is 35.5. The minimum atomic E-state index is -3.78. The molecule has 3 N–H and O–H groups in total. The van der Waals surface area contributed by atoms with E-state index in [0.29, 0.717) is 18.5 Å². The van der Waals surface area contributed by atoms with Gasteiger partial charge in [0.15, 0.2) is 15.6 Å². The normalized spacial score (nSPS) is 14.8. The van der Waals surface area contributed by atoms with E-state index >= 15 is 0 Å². The molecule has 28 heavy (non-hydrogen) atoms. The van der Waals surface area contributed by atoms with Crippen molar-refractivity contribution in [1.29, 1.82) is 0 Å². The molecular formula is C20H23ClN2O4S. The van der Waals surface area contributed by atoms with Gasteiger partial charge in [-0.2, -0.15) is 0 Å². The highest BCUT2D eigenvalue weighted by Gasteiger charge is 2.35. The van der Waals surface area contributed by atoms with E-state index in [1.807, 2.05) is 19.1 Å². The average molecular weight is 423 g/mol. The quantitative estimate of drug-likeness (QED) is 0.593. The molecule has 1 fully saturated rings. The first-order chi connectivity index (χ1) is 13.3. The third-order valence-electron chi connectivity index (χ3n) is 5.00. The largest absolute Gasteiger partial charge is 0.504 e. The Balaban J connectivity index is 1.86. The molecule has 6 nitrogen and oxygen atoms in total. The maximum atomic E-state index is 12.9. The second-order valence-electron chi connectivity index (χ2n) is 6.81. The Morgan fingerprint density at radius 1 is 1.11 bits per heavy atom. The number of sulfone groups is 1. The van der Waals surface area contributed by atoms with Crippen molar-refractivity contribution in [3.05, 3.63) is 47.0 Å². The summed E-state index contributed by atoms with van der Waals surface area (Å²) in [5.74, 6) is -0.529. The molecule has 0 atom stereocenters. The van der Waals surface area contributed by atoms with Crippen molar-refractivity contribution in [1.82, 2.24) is 0 Å². The molecule has 1 aliphatic carbocycles. The zero-order chi connectivity index (χ0) is 20.3. The number of hydrogen-bond acceptors (Lipinski definition) is 4. The first-order valence-electron chi connectivity index (χ1n) is 9.26. The summed E-state index contributed by atoms with van der Waals surface area (Å²) in [6.45, 7) is 1.98. The number of nitrogens with one attached hydrogen (secondary N) is 2. The standard InChI is InChI=1S/C20H23ClN2O4S/c1-2-13-7-3-6-10-16(13)22-20(25)23-17-12-11-15(21)19(18(17)24)28(26,27)14-8-4-5-9-14/h3,6-7,10-12,14,24H,2,4-5,8-9H2,1H3,(H2,22,23,25). The number of hydrogen-bond donors (Lipinski definition) is 3. The Morgan fingerprint density at radius 2 is 1.75 bits per heavy atom. The van der Waals surface area contributed by atoms with Crippen LogP contribution in [0.25, 0.3) is 0 Å². The number of aromatic hydroxyl groups is 1. The number of halogens is 1. The van der Waals surface area contributed by atoms with Crippen LogP contribution in [0.2, 0.25) is 5.02 Å². The summed E-state index contributed by atoms with van der Waals surface area (Å²) in [4.78, 5) is 12.1. The van der Waals surface area contributed by atoms with Crippen molar-refractivity contribution in [2.75, 3.05) is 10.6 Å². The van der Waals surface area contributed by atoms with Gasteiger partial charge in [0.25, 0.3) is 0 Å². The topological polar surface area (TPSA) is 95.5 Å². The van der Waals surface area contributed by atoms with E-state index in [9.17, 15) is 18.3 Å². The Hall–Kier alpha value is -2.25. The van der Waals surface area contributed by atoms with Crippen molar-refractivity contribution in [2.24, 2.45) is 0 Å². The van der Waals surface area contributed by atoms with E-state index in [0.717, 1.165) is 24.8 Å². The van der Waals surface area contributed by atoms with Gasteiger partial charge >= 0.3 is 6.03 Å². The molecule has 1 saturated carbocycles. The van der Waals surface area contributed by atoms with Crippen molar-refractivity contribution in [3.63, 3.8) is 0 Å². The molecule has 0 saturated heterocycles. The molecule has 2 amide bonds. The summed E-state index contributed by atoms with van der Waals surface area (Å²) in [7, 11) is -3.78. The minimum Gasteiger partial charge on any atom is -0.504 e. The van der Waals surface area contributed by atoms with Gasteiger partial charge in [0.2, 0.25) is 0 Å². The summed E-state index contributed by atoms with van der Waals surface area (Å²) in [5.41, 5.74) is 1.60. The number of carbonyl (C=O) groups excluding carboxylic acids is 1. The van der Waals surface area contributed by atoms with Gasteiger partial charge in [-0.05, 0) is 43.0 Å². The van der Waals surface area contributed by atoms with Gasteiger partial charge in [0.05, 0.1) is 16.0 Å². The fourth-order valence-corrected chi connectivity index (χ4v) is 5.99. The van der Waals surface area contributed by atoms with Gasteiger partial charge in [-0.3, -0.25) is 0 Å². The Morgan fingerprint density at radius 3 is 2.43 bits per heavy atom. The molecule has 2 aromatic rings. The van der Waals surface area contributed by atoms with Gasteiger partial charge in [-0.1, -0.05) is 49.6 Å². The lowest BCUT2D eigenvalue weighted by Gasteiger charge is -2.17. The van der Waals surface area contributed by atoms with E-state index in [1.165, 1.54) is 12.1 Å². The summed E-state index contributed by atoms with van der Waals surface area (Å²) < 4.78 is 25.8. The molecule has 0 aliphatic heterocycles. The zero-order valence-electron chi connectivity index (χ0n) is 15.5. The fraction of sp³-hybridized carbons (Fsp3) is 0.350. The third-order valence-corrected chi connectivity index (χ3v) is 7.76. The van der Waals surface area contributed by atoms with E-state index < -0.39 is 26.9 Å². The number of carbonyl (C=O) groups is 1. The first kappa shape index (κ1) is 20.5. The lowest BCUT2D eigenvalue weighted by Crippen LogP contribution is -2.22. The molecule has 1 aliphatic rings. The van der Waals surface area contributed by atoms with Crippen molar-refractivity contribution < 1.29 is 18.3 Å². The lowest BCUT2D eigenvalue weighted by molar-refractivity contribution is 0.262. The van der Waals surface area contributed by atoms with Crippen LogP contribution in [0.4, 0.5) is 16.2 Å². The van der Waals surface area contributed by atoms with Gasteiger partial charge in [-0.25, -0.2) is 13.2 Å². The molecule has 8 heteroatoms. The predicted octanol–water partition coefficient (Wildman–Crippen LogP) is 4.97. The summed E-state index contributed by atoms with van der Waals surface area (Å²) in [5, 5.41) is 15.2. The van der Waals surface area contributed by atoms with E-state index in [1.54, 1.807) is 12.1 Å². The van der Waals surface area contributed by atoms with Crippen LogP contribution < -0.4 is 10.6 Å². The maximum absolute atomic E-state index is 12.9. The van der Waals surface area contributed by atoms with Crippen molar-refractivity contribution in [3.8, 4) is 5.75 Å². The van der Waals surface area contributed by atoms with Crippen LogP contribution in [0.15, 0.2) is 41.3 Å². The molecule has 0 bridgehead atoms. The van der Waals surface area contributed by atoms with Gasteiger partial charge in [0.1, 0.15) is 4.90 Å². The highest BCUT2D eigenvalue weighted by molar-refractivity contribution is 7.92. The Labute approximate surface area is 169 Å². The highest BCUT2D eigenvalue weighted by Crippen LogP contribution is 2.41. The smallest absolute Gasteiger partial charge is 0.323 e. The molecule has 150 valence electrons. The van der Waals surface area contributed by atoms with Crippen LogP contribution >= 0.6 is 11.6 Å². The third kappa shape index (κ3) is 4.10. The Kier molecular flexibility index (Phi) is 6.15. The SMILES string of the molecule is CCc1ccccc1NC(=O)Nc1ccc(Cl)c(S(=O)(=O)C2CCCC2)c1O.